The lowest BCUT2D eigenvalue weighted by Gasteiger charge is -2.67. The van der Waals surface area contributed by atoms with Crippen LogP contribution in [0, 0.1) is 47.3 Å². The lowest BCUT2D eigenvalue weighted by Crippen LogP contribution is -2.71. The van der Waals surface area contributed by atoms with Crippen molar-refractivity contribution in [3.8, 4) is 0 Å². The van der Waals surface area contributed by atoms with Gasteiger partial charge in [0.1, 0.15) is 0 Å². The molecule has 3 heterocycles. The lowest BCUT2D eigenvalue weighted by atomic mass is 9.30. The lowest BCUT2D eigenvalue weighted by molar-refractivity contribution is -0.309. The number of hydrogen-bond donors (Lipinski definition) is 0. The maximum atomic E-state index is 8.93. The quantitative estimate of drug-likeness (QED) is 0.163. The molecule has 6 fully saturated rings. The van der Waals surface area contributed by atoms with Crippen LogP contribution < -0.4 is 26.2 Å². The number of hydrogen-bond acceptors (Lipinski definition) is 3. The van der Waals surface area contributed by atoms with Crippen LogP contribution in [0.2, 0.25) is 0 Å². The van der Waals surface area contributed by atoms with Gasteiger partial charge < -0.3 is 14.5 Å². The third-order valence-electron chi connectivity index (χ3n) is 17.6. The first-order chi connectivity index (χ1) is 28.6. The molecule has 298 valence electrons. The summed E-state index contributed by atoms with van der Waals surface area (Å²) in [5, 5.41) is 0. The highest BCUT2D eigenvalue weighted by molar-refractivity contribution is 7.01. The Morgan fingerprint density at radius 3 is 1.53 bits per heavy atom. The second-order valence-electron chi connectivity index (χ2n) is 21.9. The first-order valence-corrected chi connectivity index (χ1v) is 23.5. The monoisotopic (exact) mass is 774 g/mol. The van der Waals surface area contributed by atoms with Gasteiger partial charge in [-0.25, -0.2) is 0 Å². The summed E-state index contributed by atoms with van der Waals surface area (Å²) in [4.78, 5) is 5.33. The van der Waals surface area contributed by atoms with E-state index in [1.165, 1.54) is 125 Å². The number of fused-ring (bicyclic) bond motifs is 4. The Hall–Kier alpha value is -4.28. The van der Waals surface area contributed by atoms with Crippen molar-refractivity contribution in [2.24, 2.45) is 47.3 Å². The number of nitrogens with zero attached hydrogens (tertiary/aromatic N) is 2. The van der Waals surface area contributed by atoms with Gasteiger partial charge in [-0.05, 0) is 192 Å². The zero-order valence-corrected chi connectivity index (χ0v) is 35.8. The summed E-state index contributed by atoms with van der Waals surface area (Å²) in [5.74, 6) is 5.27. The Morgan fingerprint density at radius 1 is 0.508 bits per heavy atom. The van der Waals surface area contributed by atoms with Gasteiger partial charge >= 0.3 is 0 Å². The molecule has 0 saturated heterocycles. The molecule has 5 unspecified atom stereocenters. The van der Waals surface area contributed by atoms with Crippen LogP contribution in [0.5, 0.6) is 0 Å². The predicted octanol–water partition coefficient (Wildman–Crippen LogP) is 12.0. The van der Waals surface area contributed by atoms with Crippen LogP contribution in [0.4, 0.5) is 34.1 Å². The minimum absolute atomic E-state index is 0.0461. The van der Waals surface area contributed by atoms with Crippen LogP contribution in [0.25, 0.3) is 0 Å². The van der Waals surface area contributed by atoms with Gasteiger partial charge in [0, 0.05) is 34.1 Å². The Kier molecular flexibility index (Phi) is 7.33. The molecule has 9 aliphatic rings. The zero-order valence-electron chi connectivity index (χ0n) is 35.8. The SMILES string of the molecule is CC1CC2CC(C)C3(OC4(c5cccc6c5B5c7c(cc(C(C)(C)C)cc7N6c6ccccc6)N(c6ccccc6)c6cccc3c65)C3CC5CC(C3)CC4C5)C(C1)C2. The van der Waals surface area contributed by atoms with Gasteiger partial charge in [-0.1, -0.05) is 95.3 Å². The summed E-state index contributed by atoms with van der Waals surface area (Å²) in [6, 6.07) is 42.8. The number of para-hydroxylation sites is 2. The summed E-state index contributed by atoms with van der Waals surface area (Å²) in [5.41, 5.74) is 16.1. The fourth-order valence-corrected chi connectivity index (χ4v) is 15.8. The highest BCUT2D eigenvalue weighted by atomic mass is 16.5. The molecule has 59 heavy (non-hydrogen) atoms. The molecule has 5 atom stereocenters. The van der Waals surface area contributed by atoms with Crippen molar-refractivity contribution in [1.29, 1.82) is 0 Å². The van der Waals surface area contributed by atoms with E-state index in [9.17, 15) is 0 Å². The van der Waals surface area contributed by atoms with E-state index in [1.807, 2.05) is 0 Å². The molecule has 3 nitrogen and oxygen atoms in total. The first kappa shape index (κ1) is 35.5. The molecule has 14 rings (SSSR count). The van der Waals surface area contributed by atoms with Crippen LogP contribution in [0.15, 0.2) is 109 Å². The average Bonchev–Trinajstić information content (AvgIpc) is 3.22. The molecule has 5 aromatic carbocycles. The van der Waals surface area contributed by atoms with Gasteiger partial charge in [-0.15, -0.1) is 0 Å². The van der Waals surface area contributed by atoms with Crippen LogP contribution >= 0.6 is 0 Å². The molecule has 0 radical (unpaired) electrons. The number of rotatable bonds is 2. The summed E-state index contributed by atoms with van der Waals surface area (Å²) in [6.45, 7) is 12.5. The molecule has 4 heteroatoms. The Bertz CT molecular complexity index is 2470. The van der Waals surface area contributed by atoms with E-state index in [2.05, 4.69) is 154 Å². The number of benzene rings is 5. The van der Waals surface area contributed by atoms with Crippen molar-refractivity contribution in [3.63, 3.8) is 0 Å². The van der Waals surface area contributed by atoms with Crippen molar-refractivity contribution in [2.75, 3.05) is 9.80 Å². The van der Waals surface area contributed by atoms with Crippen LogP contribution in [0.1, 0.15) is 109 Å². The van der Waals surface area contributed by atoms with E-state index < -0.39 is 0 Å². The summed E-state index contributed by atoms with van der Waals surface area (Å²) in [6.07, 6.45) is 11.9. The average molecular weight is 775 g/mol. The topological polar surface area (TPSA) is 15.7 Å². The summed E-state index contributed by atoms with van der Waals surface area (Å²) < 4.78 is 8.93. The molecule has 6 aliphatic carbocycles. The highest BCUT2D eigenvalue weighted by Gasteiger charge is 2.67. The largest absolute Gasteiger partial charge is 0.358 e. The second-order valence-corrected chi connectivity index (χ2v) is 21.9. The van der Waals surface area contributed by atoms with E-state index in [-0.39, 0.29) is 23.3 Å². The van der Waals surface area contributed by atoms with E-state index in [0.717, 1.165) is 23.7 Å². The zero-order chi connectivity index (χ0) is 39.6. The van der Waals surface area contributed by atoms with Gasteiger partial charge in [-0.2, -0.15) is 0 Å². The van der Waals surface area contributed by atoms with Gasteiger partial charge in [0.15, 0.2) is 0 Å². The Labute approximate surface area is 352 Å². The number of anilines is 6. The van der Waals surface area contributed by atoms with Crippen molar-refractivity contribution in [3.05, 3.63) is 126 Å². The molecule has 6 saturated carbocycles. The van der Waals surface area contributed by atoms with E-state index in [1.54, 1.807) is 0 Å². The first-order valence-electron chi connectivity index (χ1n) is 23.5. The summed E-state index contributed by atoms with van der Waals surface area (Å²) in [7, 11) is 0. The Morgan fingerprint density at radius 2 is 1.00 bits per heavy atom. The normalized spacial score (nSPS) is 34.2. The molecule has 6 bridgehead atoms. The van der Waals surface area contributed by atoms with E-state index in [0.29, 0.717) is 23.7 Å². The van der Waals surface area contributed by atoms with Crippen LogP contribution in [0.3, 0.4) is 0 Å². The van der Waals surface area contributed by atoms with Crippen LogP contribution in [-0.2, 0) is 21.4 Å². The second kappa shape index (κ2) is 12.2. The van der Waals surface area contributed by atoms with Gasteiger partial charge in [0.2, 0.25) is 0 Å². The van der Waals surface area contributed by atoms with Gasteiger partial charge in [-0.3, -0.25) is 0 Å². The molecule has 3 aliphatic heterocycles. The standard InChI is InChI=1S/C55H59BN2O/c1-33-22-35-24-34(2)54(39(23-33)26-35)44-18-12-20-46-50(44)56-51-45(55(59-54)40-27-36-25-37(29-40)30-41(55)28-36)19-13-21-47(51)58(43-16-10-7-11-17-43)49-32-38(53(3,4)5)31-48(52(49)56)57(46)42-14-8-6-9-15-42/h6-21,31-37,39-41H,22-30H2,1-5H3. The summed E-state index contributed by atoms with van der Waals surface area (Å²) >= 11 is 0. The minimum atomic E-state index is -0.360. The maximum Gasteiger partial charge on any atom is 0.253 e. The van der Waals surface area contributed by atoms with Crippen molar-refractivity contribution >= 4 is 57.2 Å². The van der Waals surface area contributed by atoms with Crippen molar-refractivity contribution < 1.29 is 4.74 Å². The fourth-order valence-electron chi connectivity index (χ4n) is 15.8. The third kappa shape index (κ3) is 4.65. The van der Waals surface area contributed by atoms with Crippen molar-refractivity contribution in [2.45, 2.75) is 109 Å². The smallest absolute Gasteiger partial charge is 0.253 e. The molecule has 0 aromatic heterocycles. The highest BCUT2D eigenvalue weighted by Crippen LogP contribution is 2.69. The third-order valence-corrected chi connectivity index (χ3v) is 17.6. The predicted molar refractivity (Wildman–Crippen MR) is 244 cm³/mol. The van der Waals surface area contributed by atoms with Crippen molar-refractivity contribution in [1.82, 2.24) is 0 Å². The number of ether oxygens (including phenoxy) is 1. The minimum Gasteiger partial charge on any atom is -0.358 e. The van der Waals surface area contributed by atoms with Gasteiger partial charge in [0.25, 0.3) is 6.71 Å². The van der Waals surface area contributed by atoms with E-state index >= 15 is 0 Å². The van der Waals surface area contributed by atoms with E-state index in [4.69, 9.17) is 4.74 Å². The molecular formula is C55H59BN2O. The molecule has 2 spiro atoms. The maximum absolute atomic E-state index is 8.93. The molecular weight excluding hydrogens is 715 g/mol. The molecule has 0 N–H and O–H groups in total. The van der Waals surface area contributed by atoms with Crippen LogP contribution in [-0.4, -0.2) is 6.71 Å². The Balaban J connectivity index is 1.21. The molecule has 5 aromatic rings. The fraction of sp³-hybridized carbons (Fsp3) is 0.455. The van der Waals surface area contributed by atoms with Gasteiger partial charge in [0.05, 0.1) is 11.2 Å². The molecule has 0 amide bonds.